The molecule has 0 aliphatic carbocycles. The topological polar surface area (TPSA) is 54.0 Å². The minimum absolute atomic E-state index is 0.126. The van der Waals surface area contributed by atoms with E-state index < -0.39 is 0 Å². The summed E-state index contributed by atoms with van der Waals surface area (Å²) in [6.45, 7) is 3.23. The molecule has 5 nitrogen and oxygen atoms in total. The van der Waals surface area contributed by atoms with Gasteiger partial charge >= 0.3 is 233 Å². The molecule has 4 rings (SSSR count). The molecule has 1 aliphatic heterocycles. The van der Waals surface area contributed by atoms with Crippen LogP contribution in [-0.4, -0.2) is 75.2 Å². The quantitative estimate of drug-likeness (QED) is 0.303. The van der Waals surface area contributed by atoms with Gasteiger partial charge in [0, 0.05) is 0 Å². The molecule has 0 bridgehead atoms. The first kappa shape index (κ1) is 25.6. The van der Waals surface area contributed by atoms with Crippen molar-refractivity contribution in [3.63, 3.8) is 0 Å². The number of ether oxygens (including phenoxy) is 4. The fraction of sp³-hybridized carbons (Fsp3) is 0.321. The van der Waals surface area contributed by atoms with Gasteiger partial charge in [-0.15, -0.1) is 0 Å². The van der Waals surface area contributed by atoms with Gasteiger partial charge in [-0.05, 0) is 0 Å². The van der Waals surface area contributed by atoms with Crippen molar-refractivity contribution in [2.24, 2.45) is 5.92 Å². The molecule has 1 heterocycles. The molecule has 174 valence electrons. The zero-order valence-electron chi connectivity index (χ0n) is 19.7. The first-order valence-electron chi connectivity index (χ1n) is 11.8. The molecular weight excluding hydrogens is 504 g/mol. The summed E-state index contributed by atoms with van der Waals surface area (Å²) in [5.74, 6) is -0.163. The zero-order valence-corrected chi connectivity index (χ0v) is 24.6. The van der Waals surface area contributed by atoms with E-state index >= 15 is 0 Å². The van der Waals surface area contributed by atoms with Crippen LogP contribution in [0.25, 0.3) is 0 Å². The molecule has 1 fully saturated rings. The molecule has 0 radical (unpaired) electrons. The van der Waals surface area contributed by atoms with Crippen LogP contribution in [0.4, 0.5) is 0 Å². The third-order valence-electron chi connectivity index (χ3n) is 6.30. The van der Waals surface area contributed by atoms with Crippen molar-refractivity contribution in [2.75, 3.05) is 6.61 Å². The van der Waals surface area contributed by atoms with Gasteiger partial charge in [-0.3, -0.25) is 0 Å². The molecular formula is C28H30O5Sr. The molecule has 1 saturated heterocycles. The van der Waals surface area contributed by atoms with Gasteiger partial charge in [0.15, 0.2) is 0 Å². The van der Waals surface area contributed by atoms with E-state index in [9.17, 15) is 4.79 Å². The fourth-order valence-electron chi connectivity index (χ4n) is 4.19. The van der Waals surface area contributed by atoms with Crippen LogP contribution in [0.15, 0.2) is 91.0 Å². The summed E-state index contributed by atoms with van der Waals surface area (Å²) < 4.78 is 25.1. The van der Waals surface area contributed by atoms with E-state index in [1.165, 1.54) is 0 Å². The maximum atomic E-state index is 12.6. The van der Waals surface area contributed by atoms with Crippen LogP contribution in [0.2, 0.25) is 0 Å². The van der Waals surface area contributed by atoms with Gasteiger partial charge in [0.25, 0.3) is 0 Å². The predicted molar refractivity (Wildman–Crippen MR) is 132 cm³/mol. The molecule has 3 aromatic carbocycles. The molecule has 6 heteroatoms. The Bertz CT molecular complexity index is 1010. The SMILES string of the molecule is CC1[C@H]([SrH])OC(COC(=O)c2ccccc2)[C@@H](OCc2ccccc2)[C@H]1OCc1ccccc1. The molecule has 1 aliphatic rings. The average molecular weight is 534 g/mol. The third-order valence-corrected chi connectivity index (χ3v) is 9.55. The summed E-state index contributed by atoms with van der Waals surface area (Å²) in [7, 11) is 0. The number of benzene rings is 3. The van der Waals surface area contributed by atoms with Crippen molar-refractivity contribution in [1.82, 2.24) is 0 Å². The summed E-state index contributed by atoms with van der Waals surface area (Å²) in [6.07, 6.45) is -0.908. The summed E-state index contributed by atoms with van der Waals surface area (Å²) in [6, 6.07) is 29.2. The van der Waals surface area contributed by atoms with Gasteiger partial charge in [0.1, 0.15) is 0 Å². The van der Waals surface area contributed by atoms with Crippen LogP contribution in [-0.2, 0) is 32.2 Å². The van der Waals surface area contributed by atoms with Crippen LogP contribution < -0.4 is 0 Å². The van der Waals surface area contributed by atoms with E-state index in [0.29, 0.717) is 18.8 Å². The standard InChI is InChI=1S/C28H29O5.Sr.H/c1-21-17-30-25(20-33-28(29)24-15-9-4-10-16-24)27(32-19-23-13-7-3-8-14-23)26(21)31-18-22-11-5-2-6-12-22;;/h2-17,21,25-27H,18-20H2,1H3;;/t21?,25?,26-,27+;;/m0../s1. The molecule has 0 spiro atoms. The Kier molecular flexibility index (Phi) is 9.77. The summed E-state index contributed by atoms with van der Waals surface area (Å²) in [4.78, 5) is 12.6. The second kappa shape index (κ2) is 13.0. The van der Waals surface area contributed by atoms with Crippen LogP contribution in [0.3, 0.4) is 0 Å². The van der Waals surface area contributed by atoms with Gasteiger partial charge in [0.05, 0.1) is 0 Å². The van der Waals surface area contributed by atoms with Gasteiger partial charge in [0.2, 0.25) is 0 Å². The van der Waals surface area contributed by atoms with E-state index in [-0.39, 0.29) is 81.1 Å². The Balaban J connectivity index is 1.49. The van der Waals surface area contributed by atoms with Crippen LogP contribution >= 0.6 is 0 Å². The summed E-state index contributed by atoms with van der Waals surface area (Å²) in [5.41, 5.74) is 2.72. The molecule has 5 atom stereocenters. The third kappa shape index (κ3) is 7.01. The maximum absolute atomic E-state index is 12.6. The number of hydrogen-bond acceptors (Lipinski definition) is 5. The monoisotopic (exact) mass is 534 g/mol. The van der Waals surface area contributed by atoms with Crippen LogP contribution in [0, 0.1) is 5.92 Å². The number of carbonyl (C=O) groups excluding carboxylic acids is 1. The molecule has 0 saturated carbocycles. The molecule has 3 aromatic rings. The first-order valence-corrected chi connectivity index (χ1v) is 14.6. The summed E-state index contributed by atoms with van der Waals surface area (Å²) in [5, 5.41) is 0. The van der Waals surface area contributed by atoms with E-state index in [1.807, 2.05) is 66.7 Å². The van der Waals surface area contributed by atoms with Gasteiger partial charge < -0.3 is 0 Å². The normalized spacial score (nSPS) is 24.4. The van der Waals surface area contributed by atoms with Gasteiger partial charge in [-0.25, -0.2) is 0 Å². The van der Waals surface area contributed by atoms with Crippen molar-refractivity contribution in [1.29, 1.82) is 0 Å². The Labute approximate surface area is 230 Å². The van der Waals surface area contributed by atoms with E-state index in [2.05, 4.69) is 19.1 Å². The molecule has 34 heavy (non-hydrogen) atoms. The Morgan fingerprint density at radius 2 is 1.29 bits per heavy atom. The molecule has 0 aromatic heterocycles. The molecule has 2 unspecified atom stereocenters. The second-order valence-corrected chi connectivity index (χ2v) is 11.5. The van der Waals surface area contributed by atoms with E-state index in [4.69, 9.17) is 18.9 Å². The van der Waals surface area contributed by atoms with Crippen molar-refractivity contribution < 1.29 is 23.7 Å². The van der Waals surface area contributed by atoms with Gasteiger partial charge in [-0.1, -0.05) is 0 Å². The minimum atomic E-state index is -0.389. The zero-order chi connectivity index (χ0) is 23.8. The Morgan fingerprint density at radius 3 is 1.85 bits per heavy atom. The molecule has 0 N–H and O–H groups in total. The number of hydrogen-bond donors (Lipinski definition) is 0. The van der Waals surface area contributed by atoms with Gasteiger partial charge in [-0.2, -0.15) is 0 Å². The van der Waals surface area contributed by atoms with Crippen molar-refractivity contribution in [3.8, 4) is 0 Å². The second-order valence-electron chi connectivity index (χ2n) is 8.73. The molecule has 0 amide bonds. The van der Waals surface area contributed by atoms with E-state index in [0.717, 1.165) is 11.1 Å². The Hall–Kier alpha value is -1.51. The predicted octanol–water partition coefficient (Wildman–Crippen LogP) is 4.28. The average Bonchev–Trinajstić information content (AvgIpc) is 2.89. The number of carbonyl (C=O) groups is 1. The number of esters is 1. The van der Waals surface area contributed by atoms with Crippen LogP contribution in [0.5, 0.6) is 0 Å². The fourth-order valence-corrected chi connectivity index (χ4v) is 5.98. The van der Waals surface area contributed by atoms with E-state index in [1.54, 1.807) is 12.1 Å². The van der Waals surface area contributed by atoms with Crippen molar-refractivity contribution >= 4 is 49.2 Å². The Morgan fingerprint density at radius 1 is 0.794 bits per heavy atom. The summed E-state index contributed by atoms with van der Waals surface area (Å²) >= 11 is 0.231. The van der Waals surface area contributed by atoms with Crippen LogP contribution in [0.1, 0.15) is 28.4 Å². The van der Waals surface area contributed by atoms with Crippen molar-refractivity contribution in [2.45, 2.75) is 39.5 Å². The first-order chi connectivity index (χ1) is 16.6. The number of rotatable bonds is 9. The van der Waals surface area contributed by atoms with Crippen molar-refractivity contribution in [3.05, 3.63) is 108 Å².